The Morgan fingerprint density at radius 1 is 1.64 bits per heavy atom. The van der Waals surface area contributed by atoms with Gasteiger partial charge in [-0.15, -0.1) is 6.58 Å². The average molecular weight is 160 g/mol. The summed E-state index contributed by atoms with van der Waals surface area (Å²) in [6, 6.07) is 0. The average Bonchev–Trinajstić information content (AvgIpc) is 1.88. The van der Waals surface area contributed by atoms with Crippen molar-refractivity contribution in [1.29, 1.82) is 0 Å². The van der Waals surface area contributed by atoms with Crippen LogP contribution < -0.4 is 0 Å². The van der Waals surface area contributed by atoms with Crippen molar-refractivity contribution in [2.24, 2.45) is 11.8 Å². The maximum atomic E-state index is 12.8. The smallest absolute Gasteiger partial charge is 0.338 e. The SMILES string of the molecule is C=C[C@H](C(C)C)[C@H](F)C(=O)O. The van der Waals surface area contributed by atoms with E-state index in [1.54, 1.807) is 13.8 Å². The molecule has 0 aromatic heterocycles. The second-order valence-electron chi connectivity index (χ2n) is 2.80. The zero-order valence-electron chi connectivity index (χ0n) is 6.75. The van der Waals surface area contributed by atoms with Gasteiger partial charge in [0.1, 0.15) is 0 Å². The van der Waals surface area contributed by atoms with Crippen LogP contribution in [0, 0.1) is 11.8 Å². The molecule has 0 amide bonds. The Balaban J connectivity index is 4.25. The maximum Gasteiger partial charge on any atom is 0.338 e. The Bertz CT molecular complexity index is 154. The van der Waals surface area contributed by atoms with Gasteiger partial charge < -0.3 is 5.11 Å². The summed E-state index contributed by atoms with van der Waals surface area (Å²) in [6.45, 7) is 6.91. The molecule has 0 unspecified atom stereocenters. The molecule has 0 aromatic carbocycles. The first kappa shape index (κ1) is 10.1. The minimum Gasteiger partial charge on any atom is -0.479 e. The van der Waals surface area contributed by atoms with Crippen LogP contribution in [0.15, 0.2) is 12.7 Å². The maximum absolute atomic E-state index is 12.8. The van der Waals surface area contributed by atoms with E-state index in [2.05, 4.69) is 6.58 Å². The first-order chi connectivity index (χ1) is 5.00. The van der Waals surface area contributed by atoms with Crippen LogP contribution in [0.2, 0.25) is 0 Å². The van der Waals surface area contributed by atoms with Crippen LogP contribution in [0.3, 0.4) is 0 Å². The Kier molecular flexibility index (Phi) is 3.79. The lowest BCUT2D eigenvalue weighted by molar-refractivity contribution is -0.144. The third-order valence-corrected chi connectivity index (χ3v) is 1.62. The number of hydrogen-bond donors (Lipinski definition) is 1. The fraction of sp³-hybridized carbons (Fsp3) is 0.625. The molecule has 0 saturated carbocycles. The van der Waals surface area contributed by atoms with Crippen LogP contribution in [0.5, 0.6) is 0 Å². The van der Waals surface area contributed by atoms with Gasteiger partial charge in [-0.1, -0.05) is 19.9 Å². The highest BCUT2D eigenvalue weighted by molar-refractivity contribution is 5.72. The number of carbonyl (C=O) groups is 1. The fourth-order valence-corrected chi connectivity index (χ4v) is 0.894. The van der Waals surface area contributed by atoms with Crippen LogP contribution in [0.4, 0.5) is 4.39 Å². The van der Waals surface area contributed by atoms with Crippen LogP contribution in [-0.2, 0) is 4.79 Å². The van der Waals surface area contributed by atoms with E-state index in [4.69, 9.17) is 5.11 Å². The van der Waals surface area contributed by atoms with Gasteiger partial charge in [0.25, 0.3) is 0 Å². The Labute approximate surface area is 65.7 Å². The lowest BCUT2D eigenvalue weighted by atomic mass is 9.91. The summed E-state index contributed by atoms with van der Waals surface area (Å²) in [7, 11) is 0. The highest BCUT2D eigenvalue weighted by Crippen LogP contribution is 2.19. The quantitative estimate of drug-likeness (QED) is 0.637. The summed E-state index contributed by atoms with van der Waals surface area (Å²) >= 11 is 0. The van der Waals surface area contributed by atoms with Crippen LogP contribution in [-0.4, -0.2) is 17.2 Å². The Morgan fingerprint density at radius 3 is 2.18 bits per heavy atom. The molecule has 2 nitrogen and oxygen atoms in total. The summed E-state index contributed by atoms with van der Waals surface area (Å²) in [5.41, 5.74) is 0. The normalized spacial score (nSPS) is 16.0. The number of carboxylic acid groups (broad SMARTS) is 1. The van der Waals surface area contributed by atoms with E-state index >= 15 is 0 Å². The summed E-state index contributed by atoms with van der Waals surface area (Å²) in [4.78, 5) is 10.2. The van der Waals surface area contributed by atoms with Gasteiger partial charge in [0.05, 0.1) is 0 Å². The highest BCUT2D eigenvalue weighted by atomic mass is 19.1. The summed E-state index contributed by atoms with van der Waals surface area (Å²) in [5, 5.41) is 8.31. The molecule has 0 bridgehead atoms. The molecule has 3 heteroatoms. The lowest BCUT2D eigenvalue weighted by Crippen LogP contribution is -2.27. The number of hydrogen-bond acceptors (Lipinski definition) is 1. The molecule has 11 heavy (non-hydrogen) atoms. The number of aliphatic carboxylic acids is 1. The standard InChI is InChI=1S/C8H13FO2/c1-4-6(5(2)3)7(9)8(10)11/h4-7H,1H2,2-3H3,(H,10,11)/t6-,7+/m1/s1. The highest BCUT2D eigenvalue weighted by Gasteiger charge is 2.27. The summed E-state index contributed by atoms with van der Waals surface area (Å²) in [5.74, 6) is -2.03. The molecule has 0 spiro atoms. The van der Waals surface area contributed by atoms with Gasteiger partial charge in [0.2, 0.25) is 6.17 Å². The van der Waals surface area contributed by atoms with Crippen LogP contribution >= 0.6 is 0 Å². The second kappa shape index (κ2) is 4.11. The molecule has 2 atom stereocenters. The van der Waals surface area contributed by atoms with Gasteiger partial charge >= 0.3 is 5.97 Å². The van der Waals surface area contributed by atoms with Crippen LogP contribution in [0.1, 0.15) is 13.8 Å². The van der Waals surface area contributed by atoms with E-state index in [0.717, 1.165) is 0 Å². The zero-order valence-corrected chi connectivity index (χ0v) is 6.75. The number of rotatable bonds is 4. The second-order valence-corrected chi connectivity index (χ2v) is 2.80. The van der Waals surface area contributed by atoms with Crippen molar-refractivity contribution < 1.29 is 14.3 Å². The molecular weight excluding hydrogens is 147 g/mol. The van der Waals surface area contributed by atoms with Crippen molar-refractivity contribution in [3.63, 3.8) is 0 Å². The summed E-state index contributed by atoms with van der Waals surface area (Å²) < 4.78 is 12.8. The zero-order chi connectivity index (χ0) is 9.02. The predicted molar refractivity (Wildman–Crippen MR) is 41.1 cm³/mol. The van der Waals surface area contributed by atoms with Gasteiger partial charge in [0, 0.05) is 5.92 Å². The molecule has 0 heterocycles. The van der Waals surface area contributed by atoms with Gasteiger partial charge in [-0.25, -0.2) is 9.18 Å². The van der Waals surface area contributed by atoms with Crippen molar-refractivity contribution in [2.75, 3.05) is 0 Å². The molecule has 1 N–H and O–H groups in total. The molecular formula is C8H13FO2. The molecule has 0 saturated heterocycles. The number of carboxylic acids is 1. The van der Waals surface area contributed by atoms with E-state index in [1.165, 1.54) is 6.08 Å². The van der Waals surface area contributed by atoms with Crippen molar-refractivity contribution in [1.82, 2.24) is 0 Å². The molecule has 0 aliphatic heterocycles. The van der Waals surface area contributed by atoms with Crippen molar-refractivity contribution in [3.05, 3.63) is 12.7 Å². The molecule has 0 aliphatic rings. The molecule has 0 fully saturated rings. The lowest BCUT2D eigenvalue weighted by Gasteiger charge is -2.17. The van der Waals surface area contributed by atoms with Gasteiger partial charge in [0.15, 0.2) is 0 Å². The summed E-state index contributed by atoms with van der Waals surface area (Å²) in [6.07, 6.45) is -0.476. The van der Waals surface area contributed by atoms with E-state index in [-0.39, 0.29) is 5.92 Å². The minimum atomic E-state index is -1.83. The minimum absolute atomic E-state index is 0.0291. The van der Waals surface area contributed by atoms with Crippen molar-refractivity contribution in [2.45, 2.75) is 20.0 Å². The molecule has 0 rings (SSSR count). The third-order valence-electron chi connectivity index (χ3n) is 1.62. The fourth-order valence-electron chi connectivity index (χ4n) is 0.894. The Hall–Kier alpha value is -0.860. The number of halogens is 1. The first-order valence-corrected chi connectivity index (χ1v) is 3.50. The Morgan fingerprint density at radius 2 is 2.09 bits per heavy atom. The monoisotopic (exact) mass is 160 g/mol. The molecule has 0 aromatic rings. The number of alkyl halides is 1. The third kappa shape index (κ3) is 2.70. The first-order valence-electron chi connectivity index (χ1n) is 3.50. The van der Waals surface area contributed by atoms with Gasteiger partial charge in [-0.05, 0) is 5.92 Å². The van der Waals surface area contributed by atoms with Crippen LogP contribution in [0.25, 0.3) is 0 Å². The van der Waals surface area contributed by atoms with E-state index in [0.29, 0.717) is 0 Å². The topological polar surface area (TPSA) is 37.3 Å². The molecule has 0 aliphatic carbocycles. The van der Waals surface area contributed by atoms with Crippen molar-refractivity contribution in [3.8, 4) is 0 Å². The van der Waals surface area contributed by atoms with E-state index in [9.17, 15) is 9.18 Å². The van der Waals surface area contributed by atoms with Gasteiger partial charge in [-0.3, -0.25) is 0 Å². The predicted octanol–water partition coefficient (Wildman–Crippen LogP) is 1.87. The largest absolute Gasteiger partial charge is 0.479 e. The van der Waals surface area contributed by atoms with E-state index in [1.807, 2.05) is 0 Å². The van der Waals surface area contributed by atoms with Crippen molar-refractivity contribution >= 4 is 5.97 Å². The van der Waals surface area contributed by atoms with Gasteiger partial charge in [-0.2, -0.15) is 0 Å². The number of allylic oxidation sites excluding steroid dienone is 1. The van der Waals surface area contributed by atoms with E-state index < -0.39 is 18.1 Å². The molecule has 64 valence electrons. The molecule has 0 radical (unpaired) electrons.